The summed E-state index contributed by atoms with van der Waals surface area (Å²) in [4.78, 5) is 10.9. The molecule has 2 atom stereocenters. The molecule has 3 heteroatoms. The van der Waals surface area contributed by atoms with Crippen molar-refractivity contribution in [3.8, 4) is 0 Å². The lowest BCUT2D eigenvalue weighted by Gasteiger charge is -2.59. The van der Waals surface area contributed by atoms with E-state index in [-0.39, 0.29) is 18.1 Å². The summed E-state index contributed by atoms with van der Waals surface area (Å²) < 4.78 is 5.44. The minimum atomic E-state index is 0.0567. The van der Waals surface area contributed by atoms with Crippen molar-refractivity contribution in [1.82, 2.24) is 5.32 Å². The average molecular weight is 183 g/mol. The first-order valence-electron chi connectivity index (χ1n) is 4.98. The highest BCUT2D eigenvalue weighted by Crippen LogP contribution is 2.56. The number of methoxy groups -OCH3 is 1. The number of hydrogen-bond donors (Lipinski definition) is 1. The summed E-state index contributed by atoms with van der Waals surface area (Å²) >= 11 is 0. The standard InChI is InChI=1S/C10H17NO2/c1-7(12)11-8-6-10(4-3-5-10)9(8)13-2/h8-9H,3-6H2,1-2H3,(H,11,12). The van der Waals surface area contributed by atoms with Crippen LogP contribution in [0.15, 0.2) is 0 Å². The Hall–Kier alpha value is -0.570. The van der Waals surface area contributed by atoms with Gasteiger partial charge >= 0.3 is 0 Å². The summed E-state index contributed by atoms with van der Waals surface area (Å²) in [5.74, 6) is 0.0567. The van der Waals surface area contributed by atoms with Gasteiger partial charge in [0.25, 0.3) is 0 Å². The van der Waals surface area contributed by atoms with Crippen LogP contribution in [0.25, 0.3) is 0 Å². The number of nitrogens with one attached hydrogen (secondary N) is 1. The summed E-state index contributed by atoms with van der Waals surface area (Å²) in [6, 6.07) is 0.266. The van der Waals surface area contributed by atoms with E-state index in [1.165, 1.54) is 19.3 Å². The maximum absolute atomic E-state index is 10.9. The lowest BCUT2D eigenvalue weighted by molar-refractivity contribution is -0.163. The second-order valence-electron chi connectivity index (χ2n) is 4.38. The summed E-state index contributed by atoms with van der Waals surface area (Å²) in [5, 5.41) is 2.94. The molecule has 2 unspecified atom stereocenters. The van der Waals surface area contributed by atoms with Crippen molar-refractivity contribution >= 4 is 5.91 Å². The summed E-state index contributed by atoms with van der Waals surface area (Å²) in [7, 11) is 1.75. The van der Waals surface area contributed by atoms with Crippen LogP contribution >= 0.6 is 0 Å². The zero-order valence-electron chi connectivity index (χ0n) is 8.30. The Labute approximate surface area is 78.8 Å². The van der Waals surface area contributed by atoms with Crippen LogP contribution in [0.5, 0.6) is 0 Å². The van der Waals surface area contributed by atoms with Gasteiger partial charge in [0, 0.05) is 19.4 Å². The van der Waals surface area contributed by atoms with Gasteiger partial charge in [-0.25, -0.2) is 0 Å². The van der Waals surface area contributed by atoms with E-state index < -0.39 is 0 Å². The van der Waals surface area contributed by atoms with Crippen molar-refractivity contribution in [3.63, 3.8) is 0 Å². The molecule has 2 aliphatic rings. The highest BCUT2D eigenvalue weighted by Gasteiger charge is 2.57. The van der Waals surface area contributed by atoms with Crippen LogP contribution in [0.2, 0.25) is 0 Å². The molecule has 0 radical (unpaired) electrons. The third kappa shape index (κ3) is 1.26. The highest BCUT2D eigenvalue weighted by molar-refractivity contribution is 5.73. The van der Waals surface area contributed by atoms with Gasteiger partial charge < -0.3 is 10.1 Å². The van der Waals surface area contributed by atoms with E-state index in [1.807, 2.05) is 0 Å². The quantitative estimate of drug-likeness (QED) is 0.695. The molecule has 0 saturated heterocycles. The summed E-state index contributed by atoms with van der Waals surface area (Å²) in [5.41, 5.74) is 0.432. The Balaban J connectivity index is 1.92. The van der Waals surface area contributed by atoms with Crippen molar-refractivity contribution in [2.45, 2.75) is 44.8 Å². The molecule has 2 rings (SSSR count). The first-order chi connectivity index (χ1) is 6.18. The van der Waals surface area contributed by atoms with Gasteiger partial charge in [0.15, 0.2) is 0 Å². The van der Waals surface area contributed by atoms with Crippen molar-refractivity contribution < 1.29 is 9.53 Å². The van der Waals surface area contributed by atoms with E-state index in [2.05, 4.69) is 5.32 Å². The molecular formula is C10H17NO2. The van der Waals surface area contributed by atoms with E-state index in [0.29, 0.717) is 5.41 Å². The number of rotatable bonds is 2. The van der Waals surface area contributed by atoms with Gasteiger partial charge in [0.1, 0.15) is 0 Å². The molecule has 0 aromatic carbocycles. The van der Waals surface area contributed by atoms with Crippen LogP contribution < -0.4 is 5.32 Å². The minimum Gasteiger partial charge on any atom is -0.379 e. The molecule has 2 saturated carbocycles. The molecule has 2 aliphatic carbocycles. The third-order valence-corrected chi connectivity index (χ3v) is 3.59. The maximum atomic E-state index is 10.9. The monoisotopic (exact) mass is 183 g/mol. The Morgan fingerprint density at radius 3 is 2.62 bits per heavy atom. The van der Waals surface area contributed by atoms with E-state index >= 15 is 0 Å². The number of amides is 1. The van der Waals surface area contributed by atoms with Crippen LogP contribution in [-0.4, -0.2) is 25.2 Å². The van der Waals surface area contributed by atoms with Crippen LogP contribution in [0.4, 0.5) is 0 Å². The average Bonchev–Trinajstić information content (AvgIpc) is 1.93. The Morgan fingerprint density at radius 1 is 1.54 bits per heavy atom. The van der Waals surface area contributed by atoms with E-state index in [0.717, 1.165) is 6.42 Å². The molecule has 0 aliphatic heterocycles. The number of carbonyl (C=O) groups excluding carboxylic acids is 1. The minimum absolute atomic E-state index is 0.0567. The van der Waals surface area contributed by atoms with Gasteiger partial charge in [-0.15, -0.1) is 0 Å². The van der Waals surface area contributed by atoms with Gasteiger partial charge in [-0.2, -0.15) is 0 Å². The molecule has 2 fully saturated rings. The van der Waals surface area contributed by atoms with E-state index in [4.69, 9.17) is 4.74 Å². The molecule has 0 aromatic rings. The van der Waals surface area contributed by atoms with Crippen molar-refractivity contribution in [2.24, 2.45) is 5.41 Å². The fraction of sp³-hybridized carbons (Fsp3) is 0.900. The summed E-state index contributed by atoms with van der Waals surface area (Å²) in [6.07, 6.45) is 5.27. The molecule has 13 heavy (non-hydrogen) atoms. The van der Waals surface area contributed by atoms with Crippen LogP contribution in [0.1, 0.15) is 32.6 Å². The van der Waals surface area contributed by atoms with Crippen molar-refractivity contribution in [3.05, 3.63) is 0 Å². The zero-order chi connectivity index (χ0) is 9.47. The topological polar surface area (TPSA) is 38.3 Å². The predicted octanol–water partition coefficient (Wildman–Crippen LogP) is 1.08. The largest absolute Gasteiger partial charge is 0.379 e. The molecule has 0 bridgehead atoms. The SMILES string of the molecule is COC1C(NC(C)=O)CC12CCC2. The van der Waals surface area contributed by atoms with Crippen LogP contribution in [0, 0.1) is 5.41 Å². The lowest BCUT2D eigenvalue weighted by Crippen LogP contribution is -2.66. The summed E-state index contributed by atoms with van der Waals surface area (Å²) in [6.45, 7) is 1.57. The molecule has 0 heterocycles. The molecule has 3 nitrogen and oxygen atoms in total. The Morgan fingerprint density at radius 2 is 2.23 bits per heavy atom. The molecular weight excluding hydrogens is 166 g/mol. The van der Waals surface area contributed by atoms with Gasteiger partial charge in [0.2, 0.25) is 5.91 Å². The third-order valence-electron chi connectivity index (χ3n) is 3.59. The second-order valence-corrected chi connectivity index (χ2v) is 4.38. The van der Waals surface area contributed by atoms with Gasteiger partial charge in [-0.1, -0.05) is 6.42 Å². The molecule has 1 spiro atoms. The number of hydrogen-bond acceptors (Lipinski definition) is 2. The maximum Gasteiger partial charge on any atom is 0.217 e. The van der Waals surface area contributed by atoms with Crippen LogP contribution in [0.3, 0.4) is 0 Å². The fourth-order valence-corrected chi connectivity index (χ4v) is 2.85. The molecule has 74 valence electrons. The van der Waals surface area contributed by atoms with E-state index in [9.17, 15) is 4.79 Å². The normalized spacial score (nSPS) is 34.9. The predicted molar refractivity (Wildman–Crippen MR) is 49.3 cm³/mol. The Bertz CT molecular complexity index is 223. The van der Waals surface area contributed by atoms with Crippen molar-refractivity contribution in [2.75, 3.05) is 7.11 Å². The molecule has 1 N–H and O–H groups in total. The molecule has 1 amide bonds. The van der Waals surface area contributed by atoms with Gasteiger partial charge in [-0.05, 0) is 19.3 Å². The highest BCUT2D eigenvalue weighted by atomic mass is 16.5. The van der Waals surface area contributed by atoms with E-state index in [1.54, 1.807) is 14.0 Å². The Kier molecular flexibility index (Phi) is 2.06. The van der Waals surface area contributed by atoms with Crippen molar-refractivity contribution in [1.29, 1.82) is 0 Å². The molecule has 0 aromatic heterocycles. The second kappa shape index (κ2) is 2.98. The first-order valence-corrected chi connectivity index (χ1v) is 4.98. The lowest BCUT2D eigenvalue weighted by atomic mass is 9.52. The smallest absolute Gasteiger partial charge is 0.217 e. The van der Waals surface area contributed by atoms with Gasteiger partial charge in [-0.3, -0.25) is 4.79 Å². The number of ether oxygens (including phenoxy) is 1. The number of carbonyl (C=O) groups is 1. The van der Waals surface area contributed by atoms with Crippen LogP contribution in [-0.2, 0) is 9.53 Å². The van der Waals surface area contributed by atoms with Gasteiger partial charge in [0.05, 0.1) is 12.1 Å². The first kappa shape index (κ1) is 9.00. The fourth-order valence-electron chi connectivity index (χ4n) is 2.85. The zero-order valence-corrected chi connectivity index (χ0v) is 8.30.